The van der Waals surface area contributed by atoms with Crippen molar-refractivity contribution >= 4 is 11.1 Å². The maximum absolute atomic E-state index is 9.59. The Hall–Kier alpha value is -2.57. The molecule has 2 aromatic carbocycles. The molecule has 3 nitrogen and oxygen atoms in total. The van der Waals surface area contributed by atoms with Crippen LogP contribution in [-0.2, 0) is 0 Å². The molecule has 0 atom stereocenters. The van der Waals surface area contributed by atoms with Crippen LogP contribution in [0.25, 0.3) is 22.6 Å². The number of fused-ring (bicyclic) bond motifs is 1. The highest BCUT2D eigenvalue weighted by molar-refractivity contribution is 5.76. The van der Waals surface area contributed by atoms with Gasteiger partial charge >= 0.3 is 0 Å². The average molecular weight is 277 g/mol. The van der Waals surface area contributed by atoms with Gasteiger partial charge in [0.25, 0.3) is 0 Å². The molecule has 0 aliphatic carbocycles. The Morgan fingerprint density at radius 2 is 1.76 bits per heavy atom. The summed E-state index contributed by atoms with van der Waals surface area (Å²) in [5.41, 5.74) is 2.38. The van der Waals surface area contributed by atoms with E-state index >= 15 is 0 Å². The summed E-state index contributed by atoms with van der Waals surface area (Å²) in [4.78, 5) is 4.46. The van der Waals surface area contributed by atoms with Crippen LogP contribution in [0.4, 0.5) is 0 Å². The van der Waals surface area contributed by atoms with E-state index in [1.165, 1.54) is 0 Å². The Kier molecular flexibility index (Phi) is 3.25. The summed E-state index contributed by atoms with van der Waals surface area (Å²) in [7, 11) is 0. The lowest BCUT2D eigenvalue weighted by Gasteiger charge is -2.05. The summed E-state index contributed by atoms with van der Waals surface area (Å²) in [6.07, 6.45) is 0. The van der Waals surface area contributed by atoms with Gasteiger partial charge < -0.3 is 9.52 Å². The molecule has 0 radical (unpaired) electrons. The van der Waals surface area contributed by atoms with Crippen LogP contribution in [0.3, 0.4) is 0 Å². The van der Waals surface area contributed by atoms with Crippen molar-refractivity contribution < 1.29 is 9.52 Å². The first kappa shape index (κ1) is 13.4. The van der Waals surface area contributed by atoms with E-state index in [1.807, 2.05) is 48.5 Å². The van der Waals surface area contributed by atoms with Gasteiger partial charge in [0.1, 0.15) is 11.1 Å². The van der Waals surface area contributed by atoms with Crippen molar-refractivity contribution in [1.29, 1.82) is 0 Å². The summed E-state index contributed by atoms with van der Waals surface area (Å²) in [6, 6.07) is 15.3. The van der Waals surface area contributed by atoms with Crippen LogP contribution in [0.15, 0.2) is 52.9 Å². The van der Waals surface area contributed by atoms with Crippen molar-refractivity contribution in [1.82, 2.24) is 4.98 Å². The SMILES string of the molecule is CC(C)(O)C#Cc1ccc(-c2nc3ccccc3o2)cc1. The van der Waals surface area contributed by atoms with Gasteiger partial charge in [0.05, 0.1) is 0 Å². The van der Waals surface area contributed by atoms with Gasteiger partial charge in [-0.2, -0.15) is 0 Å². The number of aromatic nitrogens is 1. The van der Waals surface area contributed by atoms with Crippen LogP contribution in [0.2, 0.25) is 0 Å². The highest BCUT2D eigenvalue weighted by atomic mass is 16.3. The van der Waals surface area contributed by atoms with E-state index in [4.69, 9.17) is 4.42 Å². The summed E-state index contributed by atoms with van der Waals surface area (Å²) >= 11 is 0. The molecular formula is C18H15NO2. The Bertz CT molecular complexity index is 794. The average Bonchev–Trinajstić information content (AvgIpc) is 2.89. The Morgan fingerprint density at radius 1 is 1.05 bits per heavy atom. The van der Waals surface area contributed by atoms with E-state index in [9.17, 15) is 5.11 Å². The van der Waals surface area contributed by atoms with E-state index in [0.29, 0.717) is 5.89 Å². The molecule has 0 aliphatic heterocycles. The lowest BCUT2D eigenvalue weighted by atomic mass is 10.1. The number of hydrogen-bond acceptors (Lipinski definition) is 3. The molecule has 0 saturated heterocycles. The third-order valence-corrected chi connectivity index (χ3v) is 2.94. The number of rotatable bonds is 1. The second-order valence-corrected chi connectivity index (χ2v) is 5.37. The second kappa shape index (κ2) is 5.08. The molecule has 1 aromatic heterocycles. The summed E-state index contributed by atoms with van der Waals surface area (Å²) < 4.78 is 5.72. The number of oxazole rings is 1. The monoisotopic (exact) mass is 277 g/mol. The number of nitrogens with zero attached hydrogens (tertiary/aromatic N) is 1. The standard InChI is InChI=1S/C18H15NO2/c1-18(2,20)12-11-13-7-9-14(10-8-13)17-19-15-5-3-4-6-16(15)21-17/h3-10,20H,1-2H3. The lowest BCUT2D eigenvalue weighted by molar-refractivity contribution is 0.143. The zero-order chi connectivity index (χ0) is 14.9. The molecule has 3 aromatic rings. The molecule has 21 heavy (non-hydrogen) atoms. The van der Waals surface area contributed by atoms with Crippen LogP contribution in [0, 0.1) is 11.8 Å². The topological polar surface area (TPSA) is 46.3 Å². The highest BCUT2D eigenvalue weighted by Crippen LogP contribution is 2.24. The van der Waals surface area contributed by atoms with E-state index in [-0.39, 0.29) is 0 Å². The van der Waals surface area contributed by atoms with Gasteiger partial charge in [-0.1, -0.05) is 24.0 Å². The first-order valence-electron chi connectivity index (χ1n) is 6.73. The molecule has 0 saturated carbocycles. The maximum Gasteiger partial charge on any atom is 0.227 e. The molecule has 0 spiro atoms. The number of benzene rings is 2. The van der Waals surface area contributed by atoms with E-state index in [1.54, 1.807) is 13.8 Å². The van der Waals surface area contributed by atoms with Gasteiger partial charge in [-0.25, -0.2) is 4.98 Å². The van der Waals surface area contributed by atoms with E-state index in [0.717, 1.165) is 22.2 Å². The molecule has 0 fully saturated rings. The third kappa shape index (κ3) is 3.13. The van der Waals surface area contributed by atoms with Crippen LogP contribution in [-0.4, -0.2) is 15.7 Å². The molecule has 1 N–H and O–H groups in total. The predicted molar refractivity (Wildman–Crippen MR) is 82.6 cm³/mol. The van der Waals surface area contributed by atoms with Gasteiger partial charge in [-0.3, -0.25) is 0 Å². The molecule has 0 aliphatic rings. The largest absolute Gasteiger partial charge is 0.436 e. The number of hydrogen-bond donors (Lipinski definition) is 1. The summed E-state index contributed by atoms with van der Waals surface area (Å²) in [6.45, 7) is 3.32. The molecular weight excluding hydrogens is 262 g/mol. The molecule has 0 unspecified atom stereocenters. The second-order valence-electron chi connectivity index (χ2n) is 5.37. The van der Waals surface area contributed by atoms with Crippen LogP contribution in [0.1, 0.15) is 19.4 Å². The molecule has 104 valence electrons. The normalized spacial score (nSPS) is 11.2. The van der Waals surface area contributed by atoms with Gasteiger partial charge in [0.2, 0.25) is 5.89 Å². The Balaban J connectivity index is 1.91. The smallest absolute Gasteiger partial charge is 0.227 e. The number of para-hydroxylation sites is 2. The van der Waals surface area contributed by atoms with Crippen LogP contribution >= 0.6 is 0 Å². The Labute approximate surface area is 123 Å². The first-order valence-corrected chi connectivity index (χ1v) is 6.73. The van der Waals surface area contributed by atoms with Gasteiger partial charge in [-0.15, -0.1) is 0 Å². The minimum absolute atomic E-state index is 0.596. The molecule has 3 heteroatoms. The van der Waals surface area contributed by atoms with Gasteiger partial charge in [-0.05, 0) is 50.2 Å². The fraction of sp³-hybridized carbons (Fsp3) is 0.167. The van der Waals surface area contributed by atoms with Crippen molar-refractivity contribution in [2.75, 3.05) is 0 Å². The quantitative estimate of drug-likeness (QED) is 0.691. The molecule has 0 bridgehead atoms. The third-order valence-electron chi connectivity index (χ3n) is 2.94. The predicted octanol–water partition coefficient (Wildman–Crippen LogP) is 3.62. The van der Waals surface area contributed by atoms with E-state index in [2.05, 4.69) is 16.8 Å². The molecule has 0 amide bonds. The van der Waals surface area contributed by atoms with Crippen molar-refractivity contribution in [3.63, 3.8) is 0 Å². The maximum atomic E-state index is 9.59. The fourth-order valence-corrected chi connectivity index (χ4v) is 1.92. The lowest BCUT2D eigenvalue weighted by Crippen LogP contribution is -2.14. The van der Waals surface area contributed by atoms with Crippen LogP contribution < -0.4 is 0 Å². The molecule has 1 heterocycles. The Morgan fingerprint density at radius 3 is 2.43 bits per heavy atom. The minimum atomic E-state index is -0.987. The van der Waals surface area contributed by atoms with Gasteiger partial charge in [0.15, 0.2) is 5.58 Å². The van der Waals surface area contributed by atoms with E-state index < -0.39 is 5.60 Å². The molecule has 3 rings (SSSR count). The van der Waals surface area contributed by atoms with Crippen molar-refractivity contribution in [3.05, 3.63) is 54.1 Å². The highest BCUT2D eigenvalue weighted by Gasteiger charge is 2.08. The minimum Gasteiger partial charge on any atom is -0.436 e. The zero-order valence-corrected chi connectivity index (χ0v) is 11.9. The van der Waals surface area contributed by atoms with Gasteiger partial charge in [0, 0.05) is 11.1 Å². The number of aliphatic hydroxyl groups is 1. The van der Waals surface area contributed by atoms with Crippen LogP contribution in [0.5, 0.6) is 0 Å². The zero-order valence-electron chi connectivity index (χ0n) is 11.9. The fourth-order valence-electron chi connectivity index (χ4n) is 1.92. The van der Waals surface area contributed by atoms with Crippen molar-refractivity contribution in [2.45, 2.75) is 19.4 Å². The summed E-state index contributed by atoms with van der Waals surface area (Å²) in [5.74, 6) is 6.32. The first-order chi connectivity index (χ1) is 10.0. The van der Waals surface area contributed by atoms with Crippen molar-refractivity contribution in [3.8, 4) is 23.3 Å². The van der Waals surface area contributed by atoms with Crippen molar-refractivity contribution in [2.24, 2.45) is 0 Å². The summed E-state index contributed by atoms with van der Waals surface area (Å²) in [5, 5.41) is 9.59.